The van der Waals surface area contributed by atoms with Crippen molar-refractivity contribution < 1.29 is 23.1 Å². The lowest BCUT2D eigenvalue weighted by molar-refractivity contribution is -0.192. The van der Waals surface area contributed by atoms with Crippen molar-refractivity contribution in [3.05, 3.63) is 40.4 Å². The van der Waals surface area contributed by atoms with Crippen molar-refractivity contribution in [3.63, 3.8) is 0 Å². The third kappa shape index (κ3) is 5.58. The third-order valence-electron chi connectivity index (χ3n) is 3.38. The Balaban J connectivity index is 0.000000370. The number of fused-ring (bicyclic) bond motifs is 1. The van der Waals surface area contributed by atoms with Gasteiger partial charge in [-0.2, -0.15) is 23.1 Å². The fraction of sp³-hybridized carbons (Fsp3) is 0.176. The average molecular weight is 448 g/mol. The van der Waals surface area contributed by atoms with Gasteiger partial charge in [0.1, 0.15) is 5.82 Å². The lowest BCUT2D eigenvalue weighted by atomic mass is 10.1. The standard InChI is InChI=1S/C15H13Cl2N5.C2HF3O2/c1-2-19-13-8-6-7-11(20-14(8)22-15(18)21-13)12-9(16)4-3-5-10(12)17;3-2(4,5)1(6)7/h3-7H,2H2,1H3,(H3,18,19,20,21,22);(H,6,7). The van der Waals surface area contributed by atoms with Gasteiger partial charge in [-0.1, -0.05) is 29.3 Å². The van der Waals surface area contributed by atoms with Crippen molar-refractivity contribution in [3.8, 4) is 11.3 Å². The predicted molar refractivity (Wildman–Crippen MR) is 105 cm³/mol. The fourth-order valence-electron chi connectivity index (χ4n) is 2.21. The van der Waals surface area contributed by atoms with Crippen LogP contribution in [0.4, 0.5) is 24.9 Å². The molecule has 2 heterocycles. The van der Waals surface area contributed by atoms with E-state index in [2.05, 4.69) is 20.3 Å². The molecule has 0 aliphatic carbocycles. The van der Waals surface area contributed by atoms with Crippen molar-refractivity contribution >= 4 is 52.0 Å². The predicted octanol–water partition coefficient (Wildman–Crippen LogP) is 4.65. The van der Waals surface area contributed by atoms with Gasteiger partial charge < -0.3 is 16.2 Å². The van der Waals surface area contributed by atoms with Gasteiger partial charge in [0.05, 0.1) is 21.1 Å². The van der Waals surface area contributed by atoms with Gasteiger partial charge in [-0.3, -0.25) is 0 Å². The molecule has 3 rings (SSSR count). The Labute approximate surface area is 172 Å². The molecule has 4 N–H and O–H groups in total. The molecule has 0 saturated heterocycles. The van der Waals surface area contributed by atoms with Crippen LogP contribution in [0.1, 0.15) is 6.92 Å². The number of nitrogens with one attached hydrogen (secondary N) is 1. The summed E-state index contributed by atoms with van der Waals surface area (Å²) in [5, 5.41) is 12.1. The Kier molecular flexibility index (Phi) is 7.04. The second-order valence-corrected chi connectivity index (χ2v) is 6.24. The van der Waals surface area contributed by atoms with E-state index < -0.39 is 12.1 Å². The van der Waals surface area contributed by atoms with Gasteiger partial charge in [0.25, 0.3) is 0 Å². The van der Waals surface area contributed by atoms with Gasteiger partial charge in [0.2, 0.25) is 5.95 Å². The molecule has 0 saturated carbocycles. The number of carbonyl (C=O) groups is 1. The maximum absolute atomic E-state index is 10.6. The summed E-state index contributed by atoms with van der Waals surface area (Å²) in [5.74, 6) is -1.93. The van der Waals surface area contributed by atoms with Crippen LogP contribution in [0, 0.1) is 0 Å². The highest BCUT2D eigenvalue weighted by Crippen LogP contribution is 2.34. The summed E-state index contributed by atoms with van der Waals surface area (Å²) in [6.45, 7) is 2.71. The van der Waals surface area contributed by atoms with E-state index in [0.717, 1.165) is 11.9 Å². The van der Waals surface area contributed by atoms with Crippen LogP contribution in [0.15, 0.2) is 30.3 Å². The minimum atomic E-state index is -5.08. The lowest BCUT2D eigenvalue weighted by Crippen LogP contribution is -2.21. The van der Waals surface area contributed by atoms with Crippen LogP contribution >= 0.6 is 23.2 Å². The highest BCUT2D eigenvalue weighted by molar-refractivity contribution is 6.39. The molecule has 29 heavy (non-hydrogen) atoms. The van der Waals surface area contributed by atoms with Crippen LogP contribution in [0.5, 0.6) is 0 Å². The third-order valence-corrected chi connectivity index (χ3v) is 4.01. The van der Waals surface area contributed by atoms with Gasteiger partial charge in [-0.05, 0) is 31.2 Å². The summed E-state index contributed by atoms with van der Waals surface area (Å²) in [6.07, 6.45) is -5.08. The second-order valence-electron chi connectivity index (χ2n) is 5.43. The number of benzene rings is 1. The van der Waals surface area contributed by atoms with E-state index in [-0.39, 0.29) is 5.95 Å². The number of nitrogen functional groups attached to an aromatic ring is 1. The average Bonchev–Trinajstić information content (AvgIpc) is 2.61. The first-order valence-corrected chi connectivity index (χ1v) is 8.72. The molecule has 0 bridgehead atoms. The largest absolute Gasteiger partial charge is 0.490 e. The topological polar surface area (TPSA) is 114 Å². The Bertz CT molecular complexity index is 1030. The first-order chi connectivity index (χ1) is 13.5. The second kappa shape index (κ2) is 9.10. The monoisotopic (exact) mass is 447 g/mol. The van der Waals surface area contributed by atoms with Crippen molar-refractivity contribution in [2.24, 2.45) is 0 Å². The molecule has 0 unspecified atom stereocenters. The Morgan fingerprint density at radius 1 is 1.14 bits per heavy atom. The van der Waals surface area contributed by atoms with Gasteiger partial charge >= 0.3 is 12.1 Å². The number of hydrogen-bond acceptors (Lipinski definition) is 6. The number of halogens is 5. The fourth-order valence-corrected chi connectivity index (χ4v) is 2.80. The molecule has 0 spiro atoms. The molecular formula is C17H14Cl2F3N5O2. The zero-order valence-corrected chi connectivity index (χ0v) is 16.3. The van der Waals surface area contributed by atoms with Crippen LogP contribution in [-0.4, -0.2) is 38.7 Å². The SMILES string of the molecule is CCNc1nc(N)nc2nc(-c3c(Cl)cccc3Cl)ccc12.O=C(O)C(F)(F)F. The Morgan fingerprint density at radius 3 is 2.24 bits per heavy atom. The van der Waals surface area contributed by atoms with E-state index in [9.17, 15) is 13.2 Å². The first-order valence-electron chi connectivity index (χ1n) is 7.97. The van der Waals surface area contributed by atoms with Crippen LogP contribution in [-0.2, 0) is 4.79 Å². The Morgan fingerprint density at radius 2 is 1.72 bits per heavy atom. The van der Waals surface area contributed by atoms with E-state index in [1.165, 1.54) is 0 Å². The molecule has 0 aliphatic heterocycles. The van der Waals surface area contributed by atoms with Crippen molar-refractivity contribution in [2.75, 3.05) is 17.6 Å². The van der Waals surface area contributed by atoms with Crippen molar-refractivity contribution in [1.29, 1.82) is 0 Å². The number of alkyl halides is 3. The quantitative estimate of drug-likeness (QED) is 0.535. The molecule has 12 heteroatoms. The minimum Gasteiger partial charge on any atom is -0.475 e. The highest BCUT2D eigenvalue weighted by atomic mass is 35.5. The zero-order valence-electron chi connectivity index (χ0n) is 14.8. The van der Waals surface area contributed by atoms with Gasteiger partial charge in [0, 0.05) is 12.1 Å². The maximum Gasteiger partial charge on any atom is 0.490 e. The van der Waals surface area contributed by atoms with Crippen molar-refractivity contribution in [1.82, 2.24) is 15.0 Å². The Hall–Kier alpha value is -2.85. The molecule has 0 atom stereocenters. The number of carboxylic acid groups (broad SMARTS) is 1. The molecule has 7 nitrogen and oxygen atoms in total. The van der Waals surface area contributed by atoms with E-state index in [0.29, 0.717) is 32.8 Å². The van der Waals surface area contributed by atoms with Gasteiger partial charge in [0.15, 0.2) is 5.65 Å². The number of carboxylic acids is 1. The van der Waals surface area contributed by atoms with Crippen LogP contribution in [0.2, 0.25) is 10.0 Å². The molecule has 154 valence electrons. The molecule has 2 aromatic heterocycles. The van der Waals surface area contributed by atoms with Crippen LogP contribution in [0.3, 0.4) is 0 Å². The molecule has 1 aromatic carbocycles. The number of nitrogens with zero attached hydrogens (tertiary/aromatic N) is 3. The summed E-state index contributed by atoms with van der Waals surface area (Å²) in [5.41, 5.74) is 7.56. The van der Waals surface area contributed by atoms with Gasteiger partial charge in [-0.15, -0.1) is 0 Å². The normalized spacial score (nSPS) is 11.0. The summed E-state index contributed by atoms with van der Waals surface area (Å²) < 4.78 is 31.7. The summed E-state index contributed by atoms with van der Waals surface area (Å²) >= 11 is 12.5. The highest BCUT2D eigenvalue weighted by Gasteiger charge is 2.38. The van der Waals surface area contributed by atoms with E-state index >= 15 is 0 Å². The molecule has 0 fully saturated rings. The number of aliphatic carboxylic acids is 1. The number of rotatable bonds is 3. The lowest BCUT2D eigenvalue weighted by Gasteiger charge is -2.10. The van der Waals surface area contributed by atoms with E-state index in [4.69, 9.17) is 38.8 Å². The zero-order chi connectivity index (χ0) is 21.8. The van der Waals surface area contributed by atoms with E-state index in [1.54, 1.807) is 18.2 Å². The van der Waals surface area contributed by atoms with Crippen molar-refractivity contribution in [2.45, 2.75) is 13.1 Å². The maximum atomic E-state index is 10.6. The minimum absolute atomic E-state index is 0.165. The number of nitrogens with two attached hydrogens (primary N) is 1. The van der Waals surface area contributed by atoms with Crippen LogP contribution in [0.25, 0.3) is 22.3 Å². The number of anilines is 2. The van der Waals surface area contributed by atoms with Crippen LogP contribution < -0.4 is 11.1 Å². The van der Waals surface area contributed by atoms with Gasteiger partial charge in [-0.25, -0.2) is 9.78 Å². The number of aromatic nitrogens is 3. The number of hydrogen-bond donors (Lipinski definition) is 3. The molecular weight excluding hydrogens is 434 g/mol. The first kappa shape index (κ1) is 22.4. The summed E-state index contributed by atoms with van der Waals surface area (Å²) in [6, 6.07) is 9.06. The van der Waals surface area contributed by atoms with E-state index in [1.807, 2.05) is 19.1 Å². The number of pyridine rings is 1. The molecule has 0 radical (unpaired) electrons. The molecule has 0 aliphatic rings. The smallest absolute Gasteiger partial charge is 0.475 e. The molecule has 0 amide bonds. The summed E-state index contributed by atoms with van der Waals surface area (Å²) in [7, 11) is 0. The summed E-state index contributed by atoms with van der Waals surface area (Å²) in [4.78, 5) is 21.8. The molecule has 3 aromatic rings.